The van der Waals surface area contributed by atoms with E-state index in [0.717, 1.165) is 0 Å². The van der Waals surface area contributed by atoms with E-state index in [1.807, 2.05) is 0 Å². The molecule has 1 aromatic rings. The third-order valence-electron chi connectivity index (χ3n) is 1.24. The second-order valence-electron chi connectivity index (χ2n) is 2.11. The van der Waals surface area contributed by atoms with E-state index >= 15 is 0 Å². The Kier molecular flexibility index (Phi) is 2.67. The summed E-state index contributed by atoms with van der Waals surface area (Å²) in [7, 11) is -2.18. The molecule has 1 aromatic carbocycles. The molecule has 0 bridgehead atoms. The Bertz CT molecular complexity index is 334. The van der Waals surface area contributed by atoms with Gasteiger partial charge in [0.25, 0.3) is 0 Å². The van der Waals surface area contributed by atoms with Crippen LogP contribution in [0.5, 0.6) is 0 Å². The zero-order valence-electron chi connectivity index (χ0n) is 6.56. The van der Waals surface area contributed by atoms with Crippen LogP contribution in [0, 0.1) is 0 Å². The van der Waals surface area contributed by atoms with Crippen molar-refractivity contribution in [1.29, 1.82) is 0 Å². The lowest BCUT2D eigenvalue weighted by atomic mass is 10.3. The summed E-state index contributed by atoms with van der Waals surface area (Å²) in [4.78, 5) is 0. The topological polar surface area (TPSA) is 60.3 Å². The van der Waals surface area contributed by atoms with Gasteiger partial charge in [0.2, 0.25) is 0 Å². The molecule has 1 radical (unpaired) electrons. The van der Waals surface area contributed by atoms with Crippen molar-refractivity contribution in [2.45, 2.75) is 0 Å². The van der Waals surface area contributed by atoms with Gasteiger partial charge in [-0.2, -0.15) is 17.9 Å². The van der Waals surface area contributed by atoms with E-state index < -0.39 is 10.2 Å². The third kappa shape index (κ3) is 2.52. The molecule has 0 fully saturated rings. The van der Waals surface area contributed by atoms with Crippen molar-refractivity contribution in [1.82, 2.24) is 9.44 Å². The first kappa shape index (κ1) is 9.02. The molecule has 0 aliphatic carbocycles. The Balaban J connectivity index is 2.78. The number of hydrogen-bond acceptors (Lipinski definition) is 2. The molecule has 0 saturated carbocycles. The molecule has 0 saturated heterocycles. The van der Waals surface area contributed by atoms with E-state index in [1.54, 1.807) is 30.3 Å². The normalized spacial score (nSPS) is 11.1. The molecule has 0 atom stereocenters. The summed E-state index contributed by atoms with van der Waals surface area (Å²) >= 11 is 0. The van der Waals surface area contributed by atoms with Gasteiger partial charge >= 0.3 is 10.2 Å². The van der Waals surface area contributed by atoms with E-state index in [2.05, 4.69) is 9.44 Å². The largest absolute Gasteiger partial charge is 0.320 e. The average Bonchev–Trinajstić information content (AvgIpc) is 2.06. The van der Waals surface area contributed by atoms with Gasteiger partial charge in [0, 0.05) is 7.05 Å². The SMILES string of the molecule is CNS(=O)(=O)[N]c1ccccc1. The summed E-state index contributed by atoms with van der Waals surface area (Å²) in [5.74, 6) is 0. The highest BCUT2D eigenvalue weighted by molar-refractivity contribution is 7.87. The summed E-state index contributed by atoms with van der Waals surface area (Å²) < 4.78 is 27.3. The Morgan fingerprint density at radius 1 is 1.25 bits per heavy atom. The molecular weight excluding hydrogens is 176 g/mol. The lowest BCUT2D eigenvalue weighted by Crippen LogP contribution is -2.25. The van der Waals surface area contributed by atoms with Crippen molar-refractivity contribution < 1.29 is 8.42 Å². The summed E-state index contributed by atoms with van der Waals surface area (Å²) in [6.07, 6.45) is 0. The minimum Gasteiger partial charge on any atom is -0.199 e. The summed E-state index contributed by atoms with van der Waals surface area (Å²) in [5, 5.41) is 0. The van der Waals surface area contributed by atoms with Crippen LogP contribution in [0.4, 0.5) is 5.69 Å². The average molecular weight is 185 g/mol. The Morgan fingerprint density at radius 3 is 2.33 bits per heavy atom. The molecule has 0 amide bonds. The predicted molar refractivity (Wildman–Crippen MR) is 46.2 cm³/mol. The van der Waals surface area contributed by atoms with Crippen LogP contribution < -0.4 is 9.44 Å². The van der Waals surface area contributed by atoms with Crippen LogP contribution in [0.15, 0.2) is 30.3 Å². The molecule has 0 aliphatic heterocycles. The maximum Gasteiger partial charge on any atom is 0.320 e. The highest BCUT2D eigenvalue weighted by Gasteiger charge is 2.07. The molecule has 0 heterocycles. The van der Waals surface area contributed by atoms with Gasteiger partial charge in [0.15, 0.2) is 0 Å². The van der Waals surface area contributed by atoms with E-state index in [0.29, 0.717) is 5.69 Å². The van der Waals surface area contributed by atoms with Gasteiger partial charge in [0.05, 0.1) is 5.69 Å². The van der Waals surface area contributed by atoms with E-state index in [9.17, 15) is 8.42 Å². The van der Waals surface area contributed by atoms with Crippen LogP contribution in [-0.2, 0) is 10.2 Å². The van der Waals surface area contributed by atoms with E-state index in [-0.39, 0.29) is 0 Å². The van der Waals surface area contributed by atoms with Crippen molar-refractivity contribution in [3.8, 4) is 0 Å². The summed E-state index contributed by atoms with van der Waals surface area (Å²) in [6, 6.07) is 8.49. The molecule has 0 aliphatic rings. The van der Waals surface area contributed by atoms with Crippen molar-refractivity contribution >= 4 is 15.9 Å². The number of nitrogens with zero attached hydrogens (tertiary/aromatic N) is 1. The molecule has 0 aromatic heterocycles. The lowest BCUT2D eigenvalue weighted by molar-refractivity contribution is 0.582. The van der Waals surface area contributed by atoms with Crippen molar-refractivity contribution in [3.05, 3.63) is 30.3 Å². The number of nitrogens with one attached hydrogen (secondary N) is 1. The minimum atomic E-state index is -3.50. The van der Waals surface area contributed by atoms with Crippen molar-refractivity contribution in [3.63, 3.8) is 0 Å². The van der Waals surface area contributed by atoms with Gasteiger partial charge in [-0.3, -0.25) is 0 Å². The first-order valence-electron chi connectivity index (χ1n) is 3.35. The number of hydrogen-bond donors (Lipinski definition) is 1. The molecule has 5 heteroatoms. The smallest absolute Gasteiger partial charge is 0.199 e. The molecule has 65 valence electrons. The van der Waals surface area contributed by atoms with Gasteiger partial charge in [0.1, 0.15) is 0 Å². The monoisotopic (exact) mass is 185 g/mol. The molecule has 0 spiro atoms. The Hall–Kier alpha value is -1.07. The van der Waals surface area contributed by atoms with Crippen LogP contribution in [0.1, 0.15) is 0 Å². The fourth-order valence-electron chi connectivity index (χ4n) is 0.673. The lowest BCUT2D eigenvalue weighted by Gasteiger charge is -2.00. The van der Waals surface area contributed by atoms with Crippen LogP contribution in [0.3, 0.4) is 0 Å². The second-order valence-corrected chi connectivity index (χ2v) is 3.65. The van der Waals surface area contributed by atoms with Crippen LogP contribution in [-0.4, -0.2) is 15.5 Å². The minimum absolute atomic E-state index is 0.423. The first-order valence-corrected chi connectivity index (χ1v) is 4.79. The maximum absolute atomic E-state index is 10.9. The van der Waals surface area contributed by atoms with Crippen LogP contribution >= 0.6 is 0 Å². The molecule has 1 N–H and O–H groups in total. The second kappa shape index (κ2) is 3.55. The Morgan fingerprint density at radius 2 is 1.83 bits per heavy atom. The van der Waals surface area contributed by atoms with Gasteiger partial charge in [-0.1, -0.05) is 18.2 Å². The Labute approximate surface area is 71.8 Å². The molecule has 12 heavy (non-hydrogen) atoms. The van der Waals surface area contributed by atoms with Gasteiger partial charge in [-0.25, -0.2) is 0 Å². The summed E-state index contributed by atoms with van der Waals surface area (Å²) in [6.45, 7) is 0. The molecule has 1 rings (SSSR count). The van der Waals surface area contributed by atoms with E-state index in [1.165, 1.54) is 7.05 Å². The maximum atomic E-state index is 10.9. The fraction of sp³-hybridized carbons (Fsp3) is 0.143. The standard InChI is InChI=1S/C7H9N2O2S/c1-8-12(10,11)9-7-5-3-2-4-6-7/h2-6,8H,1H3. The molecule has 4 nitrogen and oxygen atoms in total. The molecular formula is C7H9N2O2S. The van der Waals surface area contributed by atoms with Gasteiger partial charge < -0.3 is 0 Å². The van der Waals surface area contributed by atoms with Crippen molar-refractivity contribution in [2.75, 3.05) is 7.05 Å². The fourth-order valence-corrected chi connectivity index (χ4v) is 1.16. The number of benzene rings is 1. The van der Waals surface area contributed by atoms with Crippen LogP contribution in [0.2, 0.25) is 0 Å². The van der Waals surface area contributed by atoms with Gasteiger partial charge in [-0.15, -0.1) is 0 Å². The van der Waals surface area contributed by atoms with Gasteiger partial charge in [-0.05, 0) is 12.1 Å². The number of rotatable bonds is 3. The zero-order valence-corrected chi connectivity index (χ0v) is 7.38. The van der Waals surface area contributed by atoms with Crippen molar-refractivity contribution in [2.24, 2.45) is 0 Å². The predicted octanol–water partition coefficient (Wildman–Crippen LogP) is 0.387. The highest BCUT2D eigenvalue weighted by Crippen LogP contribution is 2.06. The summed E-state index contributed by atoms with van der Waals surface area (Å²) in [5.41, 5.74) is 0.423. The molecule has 0 unspecified atom stereocenters. The van der Waals surface area contributed by atoms with E-state index in [4.69, 9.17) is 0 Å². The highest BCUT2D eigenvalue weighted by atomic mass is 32.2. The first-order chi connectivity index (χ1) is 5.64. The zero-order chi connectivity index (χ0) is 9.03. The van der Waals surface area contributed by atoms with Crippen LogP contribution in [0.25, 0.3) is 0 Å². The third-order valence-corrected chi connectivity index (χ3v) is 2.21. The quantitative estimate of drug-likeness (QED) is 0.740.